The average Bonchev–Trinajstić information content (AvgIpc) is 3.36. The van der Waals surface area contributed by atoms with Crippen LogP contribution in [0.15, 0.2) is 18.2 Å². The molecule has 0 fully saturated rings. The standard InChI is InChI=1S/C20H24N4O4/c1-12(2)3-6-18(25)21-20-14-9-24(10-15(14)22-23-20)19(26)8-13-4-5-16-17(7-13)28-11-27-16/h4-5,7,12H,3,6,8-11H2,1-2H3,(H2,21,22,23,25). The van der Waals surface area contributed by atoms with Gasteiger partial charge in [-0.15, -0.1) is 0 Å². The van der Waals surface area contributed by atoms with Crippen molar-refractivity contribution in [3.05, 3.63) is 35.0 Å². The smallest absolute Gasteiger partial charge is 0.231 e. The second-order valence-electron chi connectivity index (χ2n) is 7.62. The minimum absolute atomic E-state index is 0.0144. The Bertz CT molecular complexity index is 906. The predicted octanol–water partition coefficient (Wildman–Crippen LogP) is 2.60. The molecule has 0 saturated heterocycles. The number of rotatable bonds is 6. The Morgan fingerprint density at radius 2 is 2.07 bits per heavy atom. The largest absolute Gasteiger partial charge is 0.454 e. The van der Waals surface area contributed by atoms with Crippen molar-refractivity contribution >= 4 is 17.6 Å². The van der Waals surface area contributed by atoms with Crippen LogP contribution in [-0.4, -0.2) is 33.7 Å². The highest BCUT2D eigenvalue weighted by Crippen LogP contribution is 2.33. The Hall–Kier alpha value is -3.03. The van der Waals surface area contributed by atoms with E-state index in [1.165, 1.54) is 0 Å². The summed E-state index contributed by atoms with van der Waals surface area (Å²) in [6.45, 7) is 5.29. The van der Waals surface area contributed by atoms with E-state index in [1.807, 2.05) is 18.2 Å². The molecule has 148 valence electrons. The molecule has 1 aromatic carbocycles. The molecule has 2 aliphatic heterocycles. The van der Waals surface area contributed by atoms with E-state index in [4.69, 9.17) is 9.47 Å². The van der Waals surface area contributed by atoms with Gasteiger partial charge < -0.3 is 19.7 Å². The molecule has 0 spiro atoms. The third-order valence-electron chi connectivity index (χ3n) is 5.00. The van der Waals surface area contributed by atoms with E-state index in [-0.39, 0.29) is 25.0 Å². The molecule has 0 unspecified atom stereocenters. The highest BCUT2D eigenvalue weighted by atomic mass is 16.7. The average molecular weight is 384 g/mol. The number of hydrogen-bond donors (Lipinski definition) is 2. The Morgan fingerprint density at radius 1 is 1.25 bits per heavy atom. The van der Waals surface area contributed by atoms with Gasteiger partial charge in [0.05, 0.1) is 25.2 Å². The lowest BCUT2D eigenvalue weighted by atomic mass is 10.1. The zero-order chi connectivity index (χ0) is 19.7. The van der Waals surface area contributed by atoms with Crippen LogP contribution in [0.2, 0.25) is 0 Å². The molecule has 0 saturated carbocycles. The fourth-order valence-electron chi connectivity index (χ4n) is 3.37. The molecule has 0 bridgehead atoms. The fraction of sp³-hybridized carbons (Fsp3) is 0.450. The molecule has 4 rings (SSSR count). The van der Waals surface area contributed by atoms with E-state index >= 15 is 0 Å². The minimum atomic E-state index is -0.0480. The van der Waals surface area contributed by atoms with Gasteiger partial charge in [0.1, 0.15) is 0 Å². The lowest BCUT2D eigenvalue weighted by Gasteiger charge is -2.16. The Morgan fingerprint density at radius 3 is 2.89 bits per heavy atom. The van der Waals surface area contributed by atoms with Gasteiger partial charge in [-0.1, -0.05) is 19.9 Å². The van der Waals surface area contributed by atoms with Gasteiger partial charge in [0, 0.05) is 12.0 Å². The summed E-state index contributed by atoms with van der Waals surface area (Å²) in [6.07, 6.45) is 1.58. The van der Waals surface area contributed by atoms with E-state index in [2.05, 4.69) is 29.4 Å². The van der Waals surface area contributed by atoms with Gasteiger partial charge in [-0.3, -0.25) is 14.7 Å². The van der Waals surface area contributed by atoms with Crippen LogP contribution < -0.4 is 14.8 Å². The number of ether oxygens (including phenoxy) is 2. The monoisotopic (exact) mass is 384 g/mol. The number of carbonyl (C=O) groups is 2. The highest BCUT2D eigenvalue weighted by Gasteiger charge is 2.29. The number of H-pyrrole nitrogens is 1. The molecule has 0 aliphatic carbocycles. The van der Waals surface area contributed by atoms with Gasteiger partial charge in [-0.25, -0.2) is 0 Å². The molecule has 8 heteroatoms. The van der Waals surface area contributed by atoms with Gasteiger partial charge in [0.2, 0.25) is 18.6 Å². The van der Waals surface area contributed by atoms with E-state index in [0.29, 0.717) is 42.7 Å². The maximum atomic E-state index is 12.7. The van der Waals surface area contributed by atoms with Crippen LogP contribution in [0.5, 0.6) is 11.5 Å². The van der Waals surface area contributed by atoms with Crippen molar-refractivity contribution in [1.29, 1.82) is 0 Å². The number of nitrogens with one attached hydrogen (secondary N) is 2. The summed E-state index contributed by atoms with van der Waals surface area (Å²) >= 11 is 0. The van der Waals surface area contributed by atoms with Crippen molar-refractivity contribution < 1.29 is 19.1 Å². The molecule has 2 N–H and O–H groups in total. The van der Waals surface area contributed by atoms with Crippen molar-refractivity contribution in [2.24, 2.45) is 5.92 Å². The molecule has 1 aromatic heterocycles. The van der Waals surface area contributed by atoms with Crippen molar-refractivity contribution in [2.75, 3.05) is 12.1 Å². The first-order valence-electron chi connectivity index (χ1n) is 9.52. The SMILES string of the molecule is CC(C)CCC(=O)Nc1n[nH]c2c1CN(C(=O)Cc1ccc3c(c1)OCO3)C2. The molecule has 0 atom stereocenters. The van der Waals surface area contributed by atoms with Crippen molar-refractivity contribution in [3.63, 3.8) is 0 Å². The molecule has 2 aliphatic rings. The van der Waals surface area contributed by atoms with E-state index in [1.54, 1.807) is 4.90 Å². The van der Waals surface area contributed by atoms with E-state index < -0.39 is 0 Å². The van der Waals surface area contributed by atoms with Crippen molar-refractivity contribution in [2.45, 2.75) is 46.2 Å². The van der Waals surface area contributed by atoms with Gasteiger partial charge in [-0.05, 0) is 30.0 Å². The lowest BCUT2D eigenvalue weighted by Crippen LogP contribution is -2.27. The van der Waals surface area contributed by atoms with Crippen molar-refractivity contribution in [1.82, 2.24) is 15.1 Å². The summed E-state index contributed by atoms with van der Waals surface area (Å²) in [5.74, 6) is 2.35. The Kier molecular flexibility index (Phi) is 4.93. The first-order chi connectivity index (χ1) is 13.5. The number of fused-ring (bicyclic) bond motifs is 2. The zero-order valence-electron chi connectivity index (χ0n) is 16.1. The number of hydrogen-bond acceptors (Lipinski definition) is 5. The third kappa shape index (κ3) is 3.81. The maximum absolute atomic E-state index is 12.7. The first kappa shape index (κ1) is 18.3. The number of amides is 2. The minimum Gasteiger partial charge on any atom is -0.454 e. The van der Waals surface area contributed by atoms with Gasteiger partial charge in [0.15, 0.2) is 17.3 Å². The second-order valence-corrected chi connectivity index (χ2v) is 7.62. The van der Waals surface area contributed by atoms with E-state index in [9.17, 15) is 9.59 Å². The van der Waals surface area contributed by atoms with Crippen LogP contribution in [0.3, 0.4) is 0 Å². The number of nitrogens with zero attached hydrogens (tertiary/aromatic N) is 2. The molecular formula is C20H24N4O4. The summed E-state index contributed by atoms with van der Waals surface area (Å²) in [5.41, 5.74) is 2.64. The summed E-state index contributed by atoms with van der Waals surface area (Å²) < 4.78 is 10.7. The predicted molar refractivity (Wildman–Crippen MR) is 102 cm³/mol. The zero-order valence-corrected chi connectivity index (χ0v) is 16.1. The van der Waals surface area contributed by atoms with Crippen LogP contribution in [0.25, 0.3) is 0 Å². The van der Waals surface area contributed by atoms with Gasteiger partial charge in [0.25, 0.3) is 0 Å². The summed E-state index contributed by atoms with van der Waals surface area (Å²) in [6, 6.07) is 5.55. The molecular weight excluding hydrogens is 360 g/mol. The van der Waals surface area contributed by atoms with Crippen molar-refractivity contribution in [3.8, 4) is 11.5 Å². The van der Waals surface area contributed by atoms with E-state index in [0.717, 1.165) is 23.2 Å². The molecule has 3 heterocycles. The number of aromatic amines is 1. The molecule has 8 nitrogen and oxygen atoms in total. The summed E-state index contributed by atoms with van der Waals surface area (Å²) in [7, 11) is 0. The molecule has 2 aromatic rings. The fourth-order valence-corrected chi connectivity index (χ4v) is 3.37. The molecule has 28 heavy (non-hydrogen) atoms. The van der Waals surface area contributed by atoms with Gasteiger partial charge >= 0.3 is 0 Å². The topological polar surface area (TPSA) is 96.6 Å². The normalized spacial score (nSPS) is 14.5. The van der Waals surface area contributed by atoms with Crippen LogP contribution in [0, 0.1) is 5.92 Å². The summed E-state index contributed by atoms with van der Waals surface area (Å²) in [4.78, 5) is 26.6. The Balaban J connectivity index is 1.36. The number of carbonyl (C=O) groups excluding carboxylic acids is 2. The molecule has 0 radical (unpaired) electrons. The molecule has 2 amide bonds. The first-order valence-corrected chi connectivity index (χ1v) is 9.52. The summed E-state index contributed by atoms with van der Waals surface area (Å²) in [5, 5.41) is 10.0. The van der Waals surface area contributed by atoms with Crippen LogP contribution in [-0.2, 0) is 29.1 Å². The maximum Gasteiger partial charge on any atom is 0.231 e. The third-order valence-corrected chi connectivity index (χ3v) is 5.00. The number of benzene rings is 1. The quantitative estimate of drug-likeness (QED) is 0.798. The van der Waals surface area contributed by atoms with Gasteiger partial charge in [-0.2, -0.15) is 5.10 Å². The number of aromatic nitrogens is 2. The second kappa shape index (κ2) is 7.53. The van der Waals surface area contributed by atoms with Crippen LogP contribution in [0.4, 0.5) is 5.82 Å². The highest BCUT2D eigenvalue weighted by molar-refractivity contribution is 5.91. The van der Waals surface area contributed by atoms with Crippen LogP contribution >= 0.6 is 0 Å². The Labute approximate surface area is 163 Å². The number of anilines is 1. The lowest BCUT2D eigenvalue weighted by molar-refractivity contribution is -0.131. The van der Waals surface area contributed by atoms with Crippen LogP contribution in [0.1, 0.15) is 43.5 Å².